The smallest absolute Gasteiger partial charge is 0.261 e. The number of benzene rings is 2. The molecule has 130 valence electrons. The Morgan fingerprint density at radius 3 is 2.58 bits per heavy atom. The first kappa shape index (κ1) is 16.2. The molecule has 0 aliphatic heterocycles. The maximum Gasteiger partial charge on any atom is 0.261 e. The van der Waals surface area contributed by atoms with Crippen molar-refractivity contribution >= 4 is 10.9 Å². The van der Waals surface area contributed by atoms with Crippen molar-refractivity contribution < 1.29 is 4.52 Å². The number of aromatic nitrogens is 4. The molecule has 0 N–H and O–H groups in total. The number of aryl methyl sites for hydroxylation is 2. The Labute approximate surface area is 150 Å². The van der Waals surface area contributed by atoms with Crippen LogP contribution in [-0.2, 0) is 13.0 Å². The Bertz CT molecular complexity index is 1130. The van der Waals surface area contributed by atoms with Gasteiger partial charge in [0.05, 0.1) is 23.9 Å². The van der Waals surface area contributed by atoms with Gasteiger partial charge < -0.3 is 4.52 Å². The van der Waals surface area contributed by atoms with Crippen LogP contribution in [0.15, 0.2) is 57.8 Å². The van der Waals surface area contributed by atoms with Crippen LogP contribution in [0.5, 0.6) is 0 Å². The highest BCUT2D eigenvalue weighted by atomic mass is 16.5. The summed E-state index contributed by atoms with van der Waals surface area (Å²) in [6, 6.07) is 15.5. The molecule has 0 amide bonds. The van der Waals surface area contributed by atoms with Crippen molar-refractivity contribution in [3.63, 3.8) is 0 Å². The molecule has 0 spiro atoms. The van der Waals surface area contributed by atoms with Crippen LogP contribution in [0, 0.1) is 13.8 Å². The molecule has 0 fully saturated rings. The molecule has 6 heteroatoms. The highest BCUT2D eigenvalue weighted by molar-refractivity contribution is 5.77. The molecule has 4 rings (SSSR count). The zero-order valence-electron chi connectivity index (χ0n) is 14.6. The maximum atomic E-state index is 12.7. The van der Waals surface area contributed by atoms with Gasteiger partial charge in [0.1, 0.15) is 5.82 Å². The molecule has 0 radical (unpaired) electrons. The Hall–Kier alpha value is -3.28. The molecule has 0 atom stereocenters. The lowest BCUT2D eigenvalue weighted by Gasteiger charge is -2.08. The zero-order valence-corrected chi connectivity index (χ0v) is 14.6. The van der Waals surface area contributed by atoms with E-state index in [0.717, 1.165) is 5.56 Å². The van der Waals surface area contributed by atoms with Gasteiger partial charge in [0, 0.05) is 0 Å². The van der Waals surface area contributed by atoms with Crippen LogP contribution >= 0.6 is 0 Å². The quantitative estimate of drug-likeness (QED) is 0.568. The minimum Gasteiger partial charge on any atom is -0.339 e. The first-order chi connectivity index (χ1) is 12.6. The van der Waals surface area contributed by atoms with E-state index < -0.39 is 0 Å². The van der Waals surface area contributed by atoms with Gasteiger partial charge in [-0.15, -0.1) is 0 Å². The van der Waals surface area contributed by atoms with Crippen molar-refractivity contribution in [1.82, 2.24) is 19.7 Å². The van der Waals surface area contributed by atoms with E-state index in [1.807, 2.05) is 37.3 Å². The predicted octanol–water partition coefficient (Wildman–Crippen LogP) is 3.04. The van der Waals surface area contributed by atoms with E-state index in [1.54, 1.807) is 17.6 Å². The van der Waals surface area contributed by atoms with Crippen molar-refractivity contribution in [3.8, 4) is 0 Å². The van der Waals surface area contributed by atoms with Gasteiger partial charge in [-0.1, -0.05) is 47.1 Å². The zero-order chi connectivity index (χ0) is 18.1. The summed E-state index contributed by atoms with van der Waals surface area (Å²) in [6.07, 6.45) is 0.567. The van der Waals surface area contributed by atoms with Gasteiger partial charge in [-0.2, -0.15) is 4.98 Å². The van der Waals surface area contributed by atoms with Crippen LogP contribution in [0.1, 0.15) is 28.7 Å². The van der Waals surface area contributed by atoms with Gasteiger partial charge >= 0.3 is 0 Å². The van der Waals surface area contributed by atoms with Crippen molar-refractivity contribution in [3.05, 3.63) is 87.6 Å². The van der Waals surface area contributed by atoms with E-state index in [1.165, 1.54) is 5.56 Å². The summed E-state index contributed by atoms with van der Waals surface area (Å²) < 4.78 is 6.91. The number of rotatable bonds is 4. The van der Waals surface area contributed by atoms with Crippen LogP contribution in [0.2, 0.25) is 0 Å². The molecule has 4 aromatic rings. The third-order valence-electron chi connectivity index (χ3n) is 4.34. The lowest BCUT2D eigenvalue weighted by Crippen LogP contribution is -2.24. The first-order valence-electron chi connectivity index (χ1n) is 8.43. The topological polar surface area (TPSA) is 73.8 Å². The minimum atomic E-state index is -0.0991. The van der Waals surface area contributed by atoms with Crippen molar-refractivity contribution in [2.45, 2.75) is 26.8 Å². The largest absolute Gasteiger partial charge is 0.339 e. The Balaban J connectivity index is 1.60. The second-order valence-corrected chi connectivity index (χ2v) is 6.33. The second-order valence-electron chi connectivity index (χ2n) is 6.33. The molecule has 2 heterocycles. The summed E-state index contributed by atoms with van der Waals surface area (Å²) in [7, 11) is 0. The number of nitrogens with zero attached hydrogens (tertiary/aromatic N) is 4. The summed E-state index contributed by atoms with van der Waals surface area (Å²) in [4.78, 5) is 21.6. The third kappa shape index (κ3) is 3.13. The molecular weight excluding hydrogens is 328 g/mol. The lowest BCUT2D eigenvalue weighted by atomic mass is 10.1. The molecule has 0 aliphatic carbocycles. The fraction of sp³-hybridized carbons (Fsp3) is 0.200. The van der Waals surface area contributed by atoms with Gasteiger partial charge in [0.25, 0.3) is 5.56 Å². The molecule has 0 saturated heterocycles. The summed E-state index contributed by atoms with van der Waals surface area (Å²) in [5.74, 6) is 1.62. The first-order valence-corrected chi connectivity index (χ1v) is 8.43. The van der Waals surface area contributed by atoms with E-state index in [2.05, 4.69) is 27.3 Å². The minimum absolute atomic E-state index is 0.0991. The van der Waals surface area contributed by atoms with Crippen LogP contribution in [0.25, 0.3) is 10.9 Å². The predicted molar refractivity (Wildman–Crippen MR) is 98.1 cm³/mol. The summed E-state index contributed by atoms with van der Waals surface area (Å²) in [5.41, 5.74) is 2.91. The highest BCUT2D eigenvalue weighted by Gasteiger charge is 2.12. The molecular formula is C20H18N4O2. The average molecular weight is 346 g/mol. The molecule has 0 aliphatic rings. The molecule has 6 nitrogen and oxygen atoms in total. The lowest BCUT2D eigenvalue weighted by molar-refractivity contribution is 0.378. The Morgan fingerprint density at radius 1 is 1.00 bits per heavy atom. The third-order valence-corrected chi connectivity index (χ3v) is 4.34. The number of hydrogen-bond acceptors (Lipinski definition) is 5. The van der Waals surface area contributed by atoms with E-state index in [4.69, 9.17) is 4.52 Å². The van der Waals surface area contributed by atoms with Gasteiger partial charge in [-0.3, -0.25) is 9.36 Å². The Kier molecular flexibility index (Phi) is 4.08. The molecule has 0 bridgehead atoms. The Morgan fingerprint density at radius 2 is 1.77 bits per heavy atom. The normalized spacial score (nSPS) is 11.2. The molecule has 0 unspecified atom stereocenters. The van der Waals surface area contributed by atoms with Crippen LogP contribution in [0.4, 0.5) is 0 Å². The van der Waals surface area contributed by atoms with Gasteiger partial charge in [-0.05, 0) is 31.5 Å². The summed E-state index contributed by atoms with van der Waals surface area (Å²) >= 11 is 0. The molecule has 26 heavy (non-hydrogen) atoms. The van der Waals surface area contributed by atoms with Crippen molar-refractivity contribution in [2.24, 2.45) is 0 Å². The number of fused-ring (bicyclic) bond motifs is 1. The van der Waals surface area contributed by atoms with Gasteiger partial charge in [-0.25, -0.2) is 4.98 Å². The van der Waals surface area contributed by atoms with Crippen molar-refractivity contribution in [1.29, 1.82) is 0 Å². The standard InChI is InChI=1S/C20H18N4O2/c1-13-7-9-15(10-8-13)11-19-22-18(23-26-19)12-24-14(2)21-17-6-4-3-5-16(17)20(24)25/h3-10H,11-12H2,1-2H3. The van der Waals surface area contributed by atoms with E-state index in [0.29, 0.717) is 34.9 Å². The van der Waals surface area contributed by atoms with Gasteiger partial charge in [0.15, 0.2) is 5.82 Å². The van der Waals surface area contributed by atoms with E-state index >= 15 is 0 Å². The van der Waals surface area contributed by atoms with Crippen LogP contribution in [-0.4, -0.2) is 19.7 Å². The molecule has 2 aromatic carbocycles. The van der Waals surface area contributed by atoms with E-state index in [-0.39, 0.29) is 12.1 Å². The molecule has 2 aromatic heterocycles. The summed E-state index contributed by atoms with van der Waals surface area (Å²) in [6.45, 7) is 4.09. The molecule has 0 saturated carbocycles. The maximum absolute atomic E-state index is 12.7. The van der Waals surface area contributed by atoms with Crippen molar-refractivity contribution in [2.75, 3.05) is 0 Å². The van der Waals surface area contributed by atoms with E-state index in [9.17, 15) is 4.79 Å². The monoisotopic (exact) mass is 346 g/mol. The SMILES string of the molecule is Cc1ccc(Cc2nc(Cn3c(C)nc4ccccc4c3=O)no2)cc1. The fourth-order valence-corrected chi connectivity index (χ4v) is 2.91. The van der Waals surface area contributed by atoms with Crippen LogP contribution in [0.3, 0.4) is 0 Å². The average Bonchev–Trinajstić information content (AvgIpc) is 3.08. The summed E-state index contributed by atoms with van der Waals surface area (Å²) in [5, 5.41) is 4.60. The second kappa shape index (κ2) is 6.55. The fourth-order valence-electron chi connectivity index (χ4n) is 2.91. The van der Waals surface area contributed by atoms with Gasteiger partial charge in [0.2, 0.25) is 5.89 Å². The number of para-hydroxylation sites is 1. The number of hydrogen-bond donors (Lipinski definition) is 0. The van der Waals surface area contributed by atoms with Crippen LogP contribution < -0.4 is 5.56 Å². The highest BCUT2D eigenvalue weighted by Crippen LogP contribution is 2.11.